The summed E-state index contributed by atoms with van der Waals surface area (Å²) >= 11 is 0. The Kier molecular flexibility index (Phi) is 0.913. The van der Waals surface area contributed by atoms with Crippen LogP contribution in [-0.2, 0) is 0 Å². The first-order chi connectivity index (χ1) is 5.95. The van der Waals surface area contributed by atoms with Crippen molar-refractivity contribution in [2.75, 3.05) is 0 Å². The quantitative estimate of drug-likeness (QED) is 0.506. The Morgan fingerprint density at radius 3 is 2.92 bits per heavy atom. The molecule has 0 aliphatic heterocycles. The molecule has 1 aromatic carbocycles. The monoisotopic (exact) mass is 159 g/mol. The van der Waals surface area contributed by atoms with Gasteiger partial charge in [0.1, 0.15) is 5.58 Å². The van der Waals surface area contributed by atoms with E-state index in [1.165, 1.54) is 0 Å². The third kappa shape index (κ3) is 0.580. The van der Waals surface area contributed by atoms with Crippen LogP contribution < -0.4 is 0 Å². The van der Waals surface area contributed by atoms with E-state index in [1.807, 2.05) is 18.2 Å². The van der Waals surface area contributed by atoms with Crippen LogP contribution in [0, 0.1) is 0 Å². The summed E-state index contributed by atoms with van der Waals surface area (Å²) < 4.78 is 10.2. The zero-order chi connectivity index (χ0) is 7.97. The van der Waals surface area contributed by atoms with Crippen LogP contribution in [0.4, 0.5) is 0 Å². The highest BCUT2D eigenvalue weighted by molar-refractivity contribution is 6.03. The Hall–Kier alpha value is -1.77. The third-order valence-electron chi connectivity index (χ3n) is 1.97. The van der Waals surface area contributed by atoms with E-state index < -0.39 is 0 Å². The standard InChI is InChI=1S/C9H5NO2/c1-2-9-7(5-10-12-9)6-3-4-11-8(1)6/h1-5H. The van der Waals surface area contributed by atoms with Crippen LogP contribution >= 0.6 is 0 Å². The molecule has 0 spiro atoms. The summed E-state index contributed by atoms with van der Waals surface area (Å²) in [7, 11) is 0. The van der Waals surface area contributed by atoms with Gasteiger partial charge >= 0.3 is 0 Å². The maximum atomic E-state index is 5.23. The van der Waals surface area contributed by atoms with Gasteiger partial charge in [0, 0.05) is 5.39 Å². The normalized spacial score (nSPS) is 11.3. The zero-order valence-electron chi connectivity index (χ0n) is 6.15. The van der Waals surface area contributed by atoms with Gasteiger partial charge in [-0.3, -0.25) is 0 Å². The number of benzene rings is 1. The van der Waals surface area contributed by atoms with Crippen molar-refractivity contribution < 1.29 is 8.94 Å². The molecule has 0 aliphatic carbocycles. The lowest BCUT2D eigenvalue weighted by Crippen LogP contribution is -1.64. The van der Waals surface area contributed by atoms with Crippen LogP contribution in [0.2, 0.25) is 0 Å². The molecule has 3 aromatic rings. The lowest BCUT2D eigenvalue weighted by Gasteiger charge is -1.86. The molecule has 3 rings (SSSR count). The van der Waals surface area contributed by atoms with Crippen molar-refractivity contribution >= 4 is 21.9 Å². The molecule has 0 unspecified atom stereocenters. The van der Waals surface area contributed by atoms with Gasteiger partial charge in [-0.25, -0.2) is 0 Å². The largest absolute Gasteiger partial charge is 0.464 e. The van der Waals surface area contributed by atoms with E-state index in [4.69, 9.17) is 8.94 Å². The van der Waals surface area contributed by atoms with Gasteiger partial charge in [0.05, 0.1) is 17.8 Å². The van der Waals surface area contributed by atoms with Gasteiger partial charge in [-0.1, -0.05) is 5.16 Å². The highest BCUT2D eigenvalue weighted by atomic mass is 16.5. The summed E-state index contributed by atoms with van der Waals surface area (Å²) in [4.78, 5) is 0. The molecule has 0 amide bonds. The van der Waals surface area contributed by atoms with Gasteiger partial charge in [-0.15, -0.1) is 0 Å². The van der Waals surface area contributed by atoms with Gasteiger partial charge in [-0.2, -0.15) is 0 Å². The van der Waals surface area contributed by atoms with Crippen molar-refractivity contribution in [1.82, 2.24) is 5.16 Å². The third-order valence-corrected chi connectivity index (χ3v) is 1.97. The molecule has 3 heteroatoms. The molecule has 0 fully saturated rings. The van der Waals surface area contributed by atoms with E-state index in [-0.39, 0.29) is 0 Å². The van der Waals surface area contributed by atoms with Crippen molar-refractivity contribution in [1.29, 1.82) is 0 Å². The predicted molar refractivity (Wildman–Crippen MR) is 43.8 cm³/mol. The molecule has 2 aromatic heterocycles. The lowest BCUT2D eigenvalue weighted by atomic mass is 10.2. The first kappa shape index (κ1) is 5.83. The number of rotatable bonds is 0. The maximum absolute atomic E-state index is 5.23. The van der Waals surface area contributed by atoms with Crippen LogP contribution in [0.5, 0.6) is 0 Å². The van der Waals surface area contributed by atoms with E-state index in [0.29, 0.717) is 0 Å². The summed E-state index contributed by atoms with van der Waals surface area (Å²) in [6.45, 7) is 0. The van der Waals surface area contributed by atoms with E-state index >= 15 is 0 Å². The Balaban J connectivity index is 2.71. The second-order valence-corrected chi connectivity index (χ2v) is 2.64. The second-order valence-electron chi connectivity index (χ2n) is 2.64. The van der Waals surface area contributed by atoms with Gasteiger partial charge < -0.3 is 8.94 Å². The topological polar surface area (TPSA) is 39.2 Å². The molecule has 0 N–H and O–H groups in total. The van der Waals surface area contributed by atoms with Crippen LogP contribution in [0.15, 0.2) is 39.6 Å². The Bertz CT molecular complexity index is 486. The fourth-order valence-electron chi connectivity index (χ4n) is 1.40. The molecule has 3 nitrogen and oxygen atoms in total. The molecule has 0 saturated carbocycles. The van der Waals surface area contributed by atoms with Crippen molar-refractivity contribution in [2.45, 2.75) is 0 Å². The van der Waals surface area contributed by atoms with Crippen LogP contribution in [0.3, 0.4) is 0 Å². The maximum Gasteiger partial charge on any atom is 0.167 e. The molecular weight excluding hydrogens is 154 g/mol. The summed E-state index contributed by atoms with van der Waals surface area (Å²) in [5.74, 6) is 0. The first-order valence-corrected chi connectivity index (χ1v) is 3.66. The highest BCUT2D eigenvalue weighted by Crippen LogP contribution is 2.25. The van der Waals surface area contributed by atoms with Crippen LogP contribution in [0.25, 0.3) is 21.9 Å². The predicted octanol–water partition coefficient (Wildman–Crippen LogP) is 2.57. The van der Waals surface area contributed by atoms with Crippen molar-refractivity contribution in [2.24, 2.45) is 0 Å². The van der Waals surface area contributed by atoms with Gasteiger partial charge in [0.25, 0.3) is 0 Å². The molecule has 0 radical (unpaired) electrons. The van der Waals surface area contributed by atoms with Crippen LogP contribution in [0.1, 0.15) is 0 Å². The minimum Gasteiger partial charge on any atom is -0.464 e. The van der Waals surface area contributed by atoms with Crippen molar-refractivity contribution in [3.63, 3.8) is 0 Å². The highest BCUT2D eigenvalue weighted by Gasteiger charge is 2.04. The minimum atomic E-state index is 0.795. The number of hydrogen-bond donors (Lipinski definition) is 0. The SMILES string of the molecule is c1cc2c(ccc3oncc32)o1. The number of furan rings is 1. The Morgan fingerprint density at radius 2 is 1.92 bits per heavy atom. The van der Waals surface area contributed by atoms with Gasteiger partial charge in [-0.05, 0) is 18.2 Å². The van der Waals surface area contributed by atoms with Gasteiger partial charge in [0.2, 0.25) is 0 Å². The molecule has 0 aliphatic rings. The molecule has 0 bridgehead atoms. The summed E-state index contributed by atoms with van der Waals surface area (Å²) in [6, 6.07) is 5.64. The Morgan fingerprint density at radius 1 is 1.00 bits per heavy atom. The summed E-state index contributed by atoms with van der Waals surface area (Å²) in [6.07, 6.45) is 3.37. The fraction of sp³-hybridized carbons (Fsp3) is 0. The van der Waals surface area contributed by atoms with E-state index in [0.717, 1.165) is 21.9 Å². The van der Waals surface area contributed by atoms with Gasteiger partial charge in [0.15, 0.2) is 5.58 Å². The average Bonchev–Trinajstić information content (AvgIpc) is 2.71. The van der Waals surface area contributed by atoms with E-state index in [1.54, 1.807) is 12.5 Å². The first-order valence-electron chi connectivity index (χ1n) is 3.66. The molecule has 58 valence electrons. The molecule has 0 saturated heterocycles. The number of aromatic nitrogens is 1. The summed E-state index contributed by atoms with van der Waals surface area (Å²) in [5, 5.41) is 5.77. The van der Waals surface area contributed by atoms with Crippen molar-refractivity contribution in [3.05, 3.63) is 30.7 Å². The Labute approximate surface area is 67.6 Å². The number of nitrogens with zero attached hydrogens (tertiary/aromatic N) is 1. The number of hydrogen-bond acceptors (Lipinski definition) is 3. The molecule has 2 heterocycles. The van der Waals surface area contributed by atoms with Crippen LogP contribution in [-0.4, -0.2) is 5.16 Å². The van der Waals surface area contributed by atoms with E-state index in [9.17, 15) is 0 Å². The fourth-order valence-corrected chi connectivity index (χ4v) is 1.40. The molecule has 0 atom stereocenters. The summed E-state index contributed by atoms with van der Waals surface area (Å²) in [5.41, 5.74) is 1.66. The molecular formula is C9H5NO2. The van der Waals surface area contributed by atoms with Crippen molar-refractivity contribution in [3.8, 4) is 0 Å². The average molecular weight is 159 g/mol. The molecule has 12 heavy (non-hydrogen) atoms. The lowest BCUT2D eigenvalue weighted by molar-refractivity contribution is 0.456. The smallest absolute Gasteiger partial charge is 0.167 e. The van der Waals surface area contributed by atoms with E-state index in [2.05, 4.69) is 5.16 Å². The second kappa shape index (κ2) is 1.88. The zero-order valence-corrected chi connectivity index (χ0v) is 6.15. The number of fused-ring (bicyclic) bond motifs is 3. The minimum absolute atomic E-state index is 0.795.